The van der Waals surface area contributed by atoms with Gasteiger partial charge in [0.1, 0.15) is 5.58 Å². The van der Waals surface area contributed by atoms with E-state index in [-0.39, 0.29) is 11.7 Å². The van der Waals surface area contributed by atoms with Crippen LogP contribution >= 0.6 is 15.9 Å². The van der Waals surface area contributed by atoms with Crippen LogP contribution in [0.15, 0.2) is 51.4 Å². The molecule has 31 heavy (non-hydrogen) atoms. The molecule has 0 aliphatic carbocycles. The lowest BCUT2D eigenvalue weighted by atomic mass is 10.1. The zero-order valence-corrected chi connectivity index (χ0v) is 19.1. The number of nitrogens with zero attached hydrogens (tertiary/aromatic N) is 1. The lowest BCUT2D eigenvalue weighted by Gasteiger charge is -2.18. The molecule has 0 bridgehead atoms. The number of carbonyl (C=O) groups is 3. The Labute approximate surface area is 188 Å². The molecule has 0 fully saturated rings. The van der Waals surface area contributed by atoms with Crippen LogP contribution in [0.2, 0.25) is 0 Å². The number of carbonyl (C=O) groups excluding carboxylic acids is 3. The van der Waals surface area contributed by atoms with Crippen molar-refractivity contribution in [3.63, 3.8) is 0 Å². The number of anilines is 1. The number of ether oxygens (including phenoxy) is 1. The van der Waals surface area contributed by atoms with Crippen molar-refractivity contribution in [2.45, 2.75) is 20.8 Å². The highest BCUT2D eigenvalue weighted by atomic mass is 79.9. The van der Waals surface area contributed by atoms with Crippen LogP contribution in [0.4, 0.5) is 5.69 Å². The van der Waals surface area contributed by atoms with Gasteiger partial charge >= 0.3 is 5.97 Å². The van der Waals surface area contributed by atoms with Crippen molar-refractivity contribution in [3.8, 4) is 0 Å². The maximum absolute atomic E-state index is 12.4. The number of benzene rings is 2. The van der Waals surface area contributed by atoms with Crippen LogP contribution in [0, 0.1) is 6.92 Å². The average Bonchev–Trinajstić information content (AvgIpc) is 3.09. The van der Waals surface area contributed by atoms with E-state index >= 15 is 0 Å². The van der Waals surface area contributed by atoms with Crippen molar-refractivity contribution in [1.29, 1.82) is 0 Å². The second kappa shape index (κ2) is 9.78. The number of aryl methyl sites for hydroxylation is 1. The molecule has 162 valence electrons. The molecule has 7 nitrogen and oxygen atoms in total. The van der Waals surface area contributed by atoms with Gasteiger partial charge in [-0.3, -0.25) is 9.59 Å². The summed E-state index contributed by atoms with van der Waals surface area (Å²) >= 11 is 3.39. The topological polar surface area (TPSA) is 88.9 Å². The minimum absolute atomic E-state index is 0.0648. The number of furan rings is 1. The van der Waals surface area contributed by atoms with E-state index in [1.165, 1.54) is 0 Å². The fraction of sp³-hybridized carbons (Fsp3) is 0.261. The zero-order valence-electron chi connectivity index (χ0n) is 17.5. The van der Waals surface area contributed by atoms with Crippen molar-refractivity contribution < 1.29 is 23.5 Å². The summed E-state index contributed by atoms with van der Waals surface area (Å²) in [6.45, 7) is 6.39. The van der Waals surface area contributed by atoms with Gasteiger partial charge in [-0.2, -0.15) is 0 Å². The van der Waals surface area contributed by atoms with Gasteiger partial charge in [-0.25, -0.2) is 4.79 Å². The van der Waals surface area contributed by atoms with E-state index in [2.05, 4.69) is 21.2 Å². The van der Waals surface area contributed by atoms with Crippen LogP contribution in [0.1, 0.15) is 40.3 Å². The fourth-order valence-electron chi connectivity index (χ4n) is 3.17. The molecule has 0 atom stereocenters. The summed E-state index contributed by atoms with van der Waals surface area (Å²) in [4.78, 5) is 38.6. The second-order valence-electron chi connectivity index (χ2n) is 6.88. The van der Waals surface area contributed by atoms with Gasteiger partial charge in [-0.1, -0.05) is 15.9 Å². The summed E-state index contributed by atoms with van der Waals surface area (Å²) < 4.78 is 11.6. The van der Waals surface area contributed by atoms with Crippen LogP contribution in [0.3, 0.4) is 0 Å². The molecule has 1 heterocycles. The van der Waals surface area contributed by atoms with Gasteiger partial charge in [-0.15, -0.1) is 0 Å². The number of hydrogen-bond acceptors (Lipinski definition) is 5. The normalized spacial score (nSPS) is 10.7. The van der Waals surface area contributed by atoms with Gasteiger partial charge in [0.25, 0.3) is 11.8 Å². The predicted molar refractivity (Wildman–Crippen MR) is 121 cm³/mol. The van der Waals surface area contributed by atoms with Crippen LogP contribution in [0.5, 0.6) is 0 Å². The van der Waals surface area contributed by atoms with Crippen molar-refractivity contribution in [1.82, 2.24) is 4.90 Å². The molecule has 3 rings (SSSR count). The van der Waals surface area contributed by atoms with Gasteiger partial charge in [0, 0.05) is 39.8 Å². The molecule has 0 aliphatic heterocycles. The summed E-state index contributed by atoms with van der Waals surface area (Å²) in [5.41, 5.74) is 2.26. The van der Waals surface area contributed by atoms with Gasteiger partial charge in [0.2, 0.25) is 5.76 Å². The highest BCUT2D eigenvalue weighted by Gasteiger charge is 2.20. The summed E-state index contributed by atoms with van der Waals surface area (Å²) in [5.74, 6) is -1.20. The van der Waals surface area contributed by atoms with E-state index < -0.39 is 18.5 Å². The van der Waals surface area contributed by atoms with Crippen LogP contribution < -0.4 is 5.32 Å². The second-order valence-corrected chi connectivity index (χ2v) is 7.79. The van der Waals surface area contributed by atoms with Gasteiger partial charge in [0.05, 0.1) is 0 Å². The van der Waals surface area contributed by atoms with E-state index in [0.29, 0.717) is 35.5 Å². The minimum Gasteiger partial charge on any atom is -0.450 e. The Morgan fingerprint density at radius 1 is 1.06 bits per heavy atom. The Hall–Kier alpha value is -3.13. The van der Waals surface area contributed by atoms with Crippen LogP contribution in [-0.4, -0.2) is 42.4 Å². The Balaban J connectivity index is 1.58. The first-order valence-corrected chi connectivity index (χ1v) is 10.7. The first kappa shape index (κ1) is 22.6. The summed E-state index contributed by atoms with van der Waals surface area (Å²) in [6, 6.07) is 12.0. The third-order valence-corrected chi connectivity index (χ3v) is 5.38. The molecule has 0 radical (unpaired) electrons. The molecule has 1 aromatic heterocycles. The quantitative estimate of drug-likeness (QED) is 0.485. The Morgan fingerprint density at radius 2 is 1.74 bits per heavy atom. The Kier molecular flexibility index (Phi) is 7.12. The largest absolute Gasteiger partial charge is 0.450 e. The van der Waals surface area contributed by atoms with E-state index in [1.807, 2.05) is 26.0 Å². The molecule has 0 unspecified atom stereocenters. The number of halogens is 1. The van der Waals surface area contributed by atoms with Gasteiger partial charge < -0.3 is 19.4 Å². The van der Waals surface area contributed by atoms with Crippen LogP contribution in [-0.2, 0) is 9.53 Å². The van der Waals surface area contributed by atoms with Gasteiger partial charge in [0.15, 0.2) is 6.61 Å². The molecule has 2 amide bonds. The highest BCUT2D eigenvalue weighted by molar-refractivity contribution is 9.10. The molecule has 1 N–H and O–H groups in total. The molecular formula is C23H23BrN2O5. The van der Waals surface area contributed by atoms with Gasteiger partial charge in [-0.05, 0) is 63.2 Å². The predicted octanol–water partition coefficient (Wildman–Crippen LogP) is 4.78. The summed E-state index contributed by atoms with van der Waals surface area (Å²) in [6.07, 6.45) is 0. The molecule has 3 aromatic rings. The lowest BCUT2D eigenvalue weighted by Crippen LogP contribution is -2.30. The first-order chi connectivity index (χ1) is 14.8. The van der Waals surface area contributed by atoms with E-state index in [0.717, 1.165) is 9.86 Å². The Bertz CT molecular complexity index is 1120. The zero-order chi connectivity index (χ0) is 22.5. The summed E-state index contributed by atoms with van der Waals surface area (Å²) in [5, 5.41) is 3.44. The molecule has 0 saturated carbocycles. The monoisotopic (exact) mass is 486 g/mol. The molecule has 2 aromatic carbocycles. The number of rotatable bonds is 7. The highest BCUT2D eigenvalue weighted by Crippen LogP contribution is 2.28. The third kappa shape index (κ3) is 5.14. The average molecular weight is 487 g/mol. The smallest absolute Gasteiger partial charge is 0.375 e. The van der Waals surface area contributed by atoms with Crippen molar-refractivity contribution in [2.75, 3.05) is 25.0 Å². The van der Waals surface area contributed by atoms with Crippen LogP contribution in [0.25, 0.3) is 11.0 Å². The third-order valence-electron chi connectivity index (χ3n) is 4.88. The molecule has 0 saturated heterocycles. The number of nitrogens with one attached hydrogen (secondary N) is 1. The standard InChI is InChI=1S/C23H23BrN2O5/c1-4-26(5-2)22(28)15-6-9-17(10-7-15)25-20(27)13-30-23(29)21-14(3)18-12-16(24)8-11-19(18)31-21/h6-12H,4-5,13H2,1-3H3,(H,25,27). The number of amides is 2. The number of fused-ring (bicyclic) bond motifs is 1. The first-order valence-electron chi connectivity index (χ1n) is 9.89. The number of esters is 1. The molecule has 0 aliphatic rings. The fourth-order valence-corrected chi connectivity index (χ4v) is 3.53. The SMILES string of the molecule is CCN(CC)C(=O)c1ccc(NC(=O)COC(=O)c2oc3ccc(Br)cc3c2C)cc1. The summed E-state index contributed by atoms with van der Waals surface area (Å²) in [7, 11) is 0. The lowest BCUT2D eigenvalue weighted by molar-refractivity contribution is -0.119. The van der Waals surface area contributed by atoms with Crippen molar-refractivity contribution in [3.05, 3.63) is 63.8 Å². The number of hydrogen-bond donors (Lipinski definition) is 1. The minimum atomic E-state index is -0.708. The van der Waals surface area contributed by atoms with E-state index in [4.69, 9.17) is 9.15 Å². The Morgan fingerprint density at radius 3 is 2.39 bits per heavy atom. The van der Waals surface area contributed by atoms with Crippen molar-refractivity contribution >= 4 is 50.4 Å². The molecule has 0 spiro atoms. The molecular weight excluding hydrogens is 464 g/mol. The van der Waals surface area contributed by atoms with Crippen molar-refractivity contribution in [2.24, 2.45) is 0 Å². The maximum atomic E-state index is 12.4. The maximum Gasteiger partial charge on any atom is 0.375 e. The van der Waals surface area contributed by atoms with E-state index in [9.17, 15) is 14.4 Å². The molecule has 8 heteroatoms. The van der Waals surface area contributed by atoms with E-state index in [1.54, 1.807) is 42.2 Å².